The van der Waals surface area contributed by atoms with E-state index in [-0.39, 0.29) is 29.4 Å². The molecular formula is C39H46ClN7O5. The van der Waals surface area contributed by atoms with Crippen LogP contribution in [-0.2, 0) is 29.7 Å². The fourth-order valence-electron chi connectivity index (χ4n) is 8.03. The maximum atomic E-state index is 13.6. The SMILES string of the molecule is COc1cc(-c2cn(C)c(=O)c3c2C=NC3)cc(Cl)c1CN1CCC(N(C)C(=O)N2CCC(c3ccc(NC4CCC(=O)NC4=O)cc3)CC2)CC1. The molecule has 4 aliphatic rings. The number of rotatable bonds is 8. The number of carbonyl (C=O) groups is 3. The summed E-state index contributed by atoms with van der Waals surface area (Å²) in [5.41, 5.74) is 6.30. The third-order valence-electron chi connectivity index (χ3n) is 11.2. The molecule has 0 aliphatic carbocycles. The Hall–Kier alpha value is -4.68. The van der Waals surface area contributed by atoms with Gasteiger partial charge in [-0.1, -0.05) is 23.7 Å². The molecule has 0 saturated carbocycles. The fraction of sp³-hybridized carbons (Fsp3) is 0.462. The highest BCUT2D eigenvalue weighted by molar-refractivity contribution is 6.32. The maximum Gasteiger partial charge on any atom is 0.319 e. The average molecular weight is 728 g/mol. The number of imide groups is 1. The van der Waals surface area contributed by atoms with Crippen molar-refractivity contribution in [3.63, 3.8) is 0 Å². The van der Waals surface area contributed by atoms with E-state index >= 15 is 0 Å². The molecule has 1 unspecified atom stereocenters. The van der Waals surface area contributed by atoms with Crippen LogP contribution in [0.4, 0.5) is 10.5 Å². The Morgan fingerprint density at radius 3 is 2.46 bits per heavy atom. The second-order valence-electron chi connectivity index (χ2n) is 14.4. The number of pyridine rings is 1. The lowest BCUT2D eigenvalue weighted by atomic mass is 9.89. The zero-order valence-corrected chi connectivity index (χ0v) is 30.7. The van der Waals surface area contributed by atoms with Crippen LogP contribution in [0.5, 0.6) is 5.75 Å². The van der Waals surface area contributed by atoms with Crippen molar-refractivity contribution >= 4 is 41.3 Å². The standard InChI is InChI=1S/C39H46ClN7O5/c1-44-22-31(29-20-41-21-30(29)38(44)50)26-18-33(40)32(35(19-26)52-3)23-46-14-12-28(13-15-46)45(2)39(51)47-16-10-25(11-17-47)24-4-6-27(7-5-24)42-34-8-9-36(48)43-37(34)49/h4-7,18-20,22,25,28,34,42H,8-17,21,23H2,1-3H3,(H,43,48,49). The Morgan fingerprint density at radius 1 is 1.04 bits per heavy atom. The van der Waals surface area contributed by atoms with Gasteiger partial charge in [0.15, 0.2) is 0 Å². The summed E-state index contributed by atoms with van der Waals surface area (Å²) in [5, 5.41) is 6.24. The number of likely N-dealkylation sites (tertiary alicyclic amines) is 2. The lowest BCUT2D eigenvalue weighted by Gasteiger charge is -2.40. The van der Waals surface area contributed by atoms with Gasteiger partial charge in [0.2, 0.25) is 11.8 Å². The van der Waals surface area contributed by atoms with Crippen molar-refractivity contribution in [1.29, 1.82) is 0 Å². The Kier molecular flexibility index (Phi) is 10.4. The van der Waals surface area contributed by atoms with Crippen LogP contribution in [0.2, 0.25) is 5.02 Å². The number of piperidine rings is 3. The molecule has 4 aliphatic heterocycles. The van der Waals surface area contributed by atoms with Crippen LogP contribution in [0.25, 0.3) is 11.1 Å². The molecule has 2 aromatic carbocycles. The minimum atomic E-state index is -0.404. The number of aliphatic imine (C=N–C) groups is 1. The van der Waals surface area contributed by atoms with Crippen molar-refractivity contribution in [3.8, 4) is 16.9 Å². The summed E-state index contributed by atoms with van der Waals surface area (Å²) >= 11 is 6.92. The highest BCUT2D eigenvalue weighted by Gasteiger charge is 2.32. The van der Waals surface area contributed by atoms with E-state index in [0.29, 0.717) is 61.3 Å². The molecule has 0 bridgehead atoms. The summed E-state index contributed by atoms with van der Waals surface area (Å²) in [7, 11) is 5.34. The zero-order valence-electron chi connectivity index (χ0n) is 30.0. The number of nitrogens with zero attached hydrogens (tertiary/aromatic N) is 5. The number of halogens is 1. The highest BCUT2D eigenvalue weighted by atomic mass is 35.5. The molecule has 2 N–H and O–H groups in total. The minimum Gasteiger partial charge on any atom is -0.496 e. The Bertz CT molecular complexity index is 1950. The zero-order chi connectivity index (χ0) is 36.5. The third-order valence-corrected chi connectivity index (χ3v) is 11.5. The fourth-order valence-corrected chi connectivity index (χ4v) is 8.30. The largest absolute Gasteiger partial charge is 0.496 e. The number of aromatic nitrogens is 1. The molecule has 3 saturated heterocycles. The summed E-state index contributed by atoms with van der Waals surface area (Å²) < 4.78 is 7.44. The van der Waals surface area contributed by atoms with Crippen LogP contribution in [0.3, 0.4) is 0 Å². The van der Waals surface area contributed by atoms with Gasteiger partial charge in [0.25, 0.3) is 5.56 Å². The van der Waals surface area contributed by atoms with Gasteiger partial charge in [0.1, 0.15) is 11.8 Å². The summed E-state index contributed by atoms with van der Waals surface area (Å²) in [6.07, 6.45) is 7.98. The minimum absolute atomic E-state index is 0.0338. The Balaban J connectivity index is 0.903. The highest BCUT2D eigenvalue weighted by Crippen LogP contribution is 2.37. The second kappa shape index (κ2) is 15.1. The molecular weight excluding hydrogens is 682 g/mol. The molecule has 13 heteroatoms. The molecule has 5 heterocycles. The van der Waals surface area contributed by atoms with Crippen LogP contribution in [0, 0.1) is 0 Å². The van der Waals surface area contributed by atoms with Crippen molar-refractivity contribution in [2.24, 2.45) is 12.0 Å². The number of hydrogen-bond donors (Lipinski definition) is 2. The number of fused-ring (bicyclic) bond motifs is 1. The molecule has 0 spiro atoms. The summed E-state index contributed by atoms with van der Waals surface area (Å²) in [5.74, 6) is 0.578. The van der Waals surface area contributed by atoms with E-state index in [2.05, 4.69) is 32.7 Å². The van der Waals surface area contributed by atoms with Gasteiger partial charge in [-0.3, -0.25) is 29.6 Å². The lowest BCUT2D eigenvalue weighted by molar-refractivity contribution is -0.133. The number of hydrogen-bond acceptors (Lipinski definition) is 8. The number of nitrogens with one attached hydrogen (secondary N) is 2. The van der Waals surface area contributed by atoms with Gasteiger partial charge in [-0.15, -0.1) is 0 Å². The van der Waals surface area contributed by atoms with Gasteiger partial charge in [0.05, 0.1) is 13.7 Å². The topological polar surface area (TPSA) is 129 Å². The Labute approximate surface area is 308 Å². The maximum absolute atomic E-state index is 13.6. The summed E-state index contributed by atoms with van der Waals surface area (Å²) in [4.78, 5) is 60.4. The van der Waals surface area contributed by atoms with Crippen molar-refractivity contribution in [2.75, 3.05) is 45.7 Å². The monoisotopic (exact) mass is 727 g/mol. The number of anilines is 1. The summed E-state index contributed by atoms with van der Waals surface area (Å²) in [6.45, 7) is 4.13. The van der Waals surface area contributed by atoms with Gasteiger partial charge >= 0.3 is 6.03 Å². The van der Waals surface area contributed by atoms with E-state index in [1.807, 2.05) is 47.3 Å². The Morgan fingerprint density at radius 2 is 1.77 bits per heavy atom. The third kappa shape index (κ3) is 7.31. The summed E-state index contributed by atoms with van der Waals surface area (Å²) in [6, 6.07) is 12.0. The molecule has 3 aromatic rings. The first kappa shape index (κ1) is 35.7. The molecule has 4 amide bonds. The lowest BCUT2D eigenvalue weighted by Crippen LogP contribution is -2.51. The first-order valence-electron chi connectivity index (χ1n) is 18.1. The van der Waals surface area contributed by atoms with Crippen LogP contribution in [-0.4, -0.2) is 95.7 Å². The number of methoxy groups -OCH3 is 1. The number of ether oxygens (including phenoxy) is 1. The number of carbonyl (C=O) groups excluding carboxylic acids is 3. The molecule has 3 fully saturated rings. The van der Waals surface area contributed by atoms with Crippen molar-refractivity contribution < 1.29 is 19.1 Å². The average Bonchev–Trinajstić information content (AvgIpc) is 3.66. The quantitative estimate of drug-likeness (QED) is 0.321. The van der Waals surface area contributed by atoms with E-state index in [1.54, 1.807) is 24.9 Å². The molecule has 7 rings (SSSR count). The molecule has 1 atom stereocenters. The van der Waals surface area contributed by atoms with Crippen molar-refractivity contribution in [3.05, 3.63) is 80.2 Å². The van der Waals surface area contributed by atoms with Crippen LogP contribution in [0.1, 0.15) is 66.7 Å². The molecule has 52 heavy (non-hydrogen) atoms. The molecule has 274 valence electrons. The predicted octanol–water partition coefficient (Wildman–Crippen LogP) is 4.76. The normalized spacial score (nSPS) is 19.8. The van der Waals surface area contributed by atoms with Crippen molar-refractivity contribution in [1.82, 2.24) is 24.6 Å². The van der Waals surface area contributed by atoms with E-state index < -0.39 is 6.04 Å². The van der Waals surface area contributed by atoms with E-state index in [0.717, 1.165) is 66.7 Å². The van der Waals surface area contributed by atoms with Gasteiger partial charge in [0, 0.05) is 105 Å². The van der Waals surface area contributed by atoms with Crippen molar-refractivity contribution in [2.45, 2.75) is 69.6 Å². The number of urea groups is 1. The van der Waals surface area contributed by atoms with E-state index in [4.69, 9.17) is 16.3 Å². The van der Waals surface area contributed by atoms with Crippen LogP contribution in [0.15, 0.2) is 52.4 Å². The van der Waals surface area contributed by atoms with Gasteiger partial charge in [-0.05, 0) is 73.4 Å². The first-order valence-corrected chi connectivity index (χ1v) is 18.5. The molecule has 1 aromatic heterocycles. The van der Waals surface area contributed by atoms with Gasteiger partial charge in [-0.2, -0.15) is 0 Å². The number of benzene rings is 2. The smallest absolute Gasteiger partial charge is 0.319 e. The second-order valence-corrected chi connectivity index (χ2v) is 14.8. The molecule has 0 radical (unpaired) electrons. The molecule has 12 nitrogen and oxygen atoms in total. The van der Waals surface area contributed by atoms with Crippen LogP contribution >= 0.6 is 11.6 Å². The number of aryl methyl sites for hydroxylation is 1. The van der Waals surface area contributed by atoms with Crippen LogP contribution < -0.4 is 20.9 Å². The number of amides is 4. The first-order chi connectivity index (χ1) is 25.1. The van der Waals surface area contributed by atoms with Gasteiger partial charge < -0.3 is 24.4 Å². The van der Waals surface area contributed by atoms with E-state index in [1.165, 1.54) is 5.56 Å². The van der Waals surface area contributed by atoms with Gasteiger partial charge in [-0.25, -0.2) is 4.79 Å². The predicted molar refractivity (Wildman–Crippen MR) is 201 cm³/mol. The van der Waals surface area contributed by atoms with E-state index in [9.17, 15) is 19.2 Å².